The van der Waals surface area contributed by atoms with E-state index in [1.54, 1.807) is 14.2 Å². The zero-order valence-electron chi connectivity index (χ0n) is 11.6. The minimum atomic E-state index is -0.0811. The Bertz CT molecular complexity index is 586. The van der Waals surface area contributed by atoms with Gasteiger partial charge in [0.05, 0.1) is 14.2 Å². The molecule has 0 aliphatic rings. The zero-order chi connectivity index (χ0) is 14.5. The summed E-state index contributed by atoms with van der Waals surface area (Å²) < 4.78 is 11.4. The number of rotatable bonds is 5. The van der Waals surface area contributed by atoms with Crippen LogP contribution in [0.15, 0.2) is 46.9 Å². The summed E-state index contributed by atoms with van der Waals surface area (Å²) in [6, 6.07) is 13.7. The van der Waals surface area contributed by atoms with Crippen molar-refractivity contribution in [2.75, 3.05) is 14.2 Å². The second kappa shape index (κ2) is 6.77. The first kappa shape index (κ1) is 14.9. The van der Waals surface area contributed by atoms with Crippen molar-refractivity contribution < 1.29 is 9.47 Å². The summed E-state index contributed by atoms with van der Waals surface area (Å²) in [7, 11) is 3.32. The number of hydrogen-bond acceptors (Lipinski definition) is 3. The number of ether oxygens (including phenoxy) is 2. The molecule has 20 heavy (non-hydrogen) atoms. The van der Waals surface area contributed by atoms with E-state index < -0.39 is 0 Å². The number of methoxy groups -OCH3 is 2. The third kappa shape index (κ3) is 3.52. The van der Waals surface area contributed by atoms with Crippen LogP contribution in [0.25, 0.3) is 0 Å². The topological polar surface area (TPSA) is 44.5 Å². The molecule has 0 aliphatic carbocycles. The molecule has 1 atom stereocenters. The van der Waals surface area contributed by atoms with Crippen molar-refractivity contribution in [2.45, 2.75) is 12.5 Å². The molecule has 3 nitrogen and oxygen atoms in total. The Labute approximate surface area is 127 Å². The van der Waals surface area contributed by atoms with Gasteiger partial charge in [-0.05, 0) is 41.8 Å². The van der Waals surface area contributed by atoms with Crippen LogP contribution in [0.3, 0.4) is 0 Å². The predicted octanol–water partition coefficient (Wildman–Crippen LogP) is 3.71. The summed E-state index contributed by atoms with van der Waals surface area (Å²) in [4.78, 5) is 0. The van der Waals surface area contributed by atoms with Crippen molar-refractivity contribution in [3.63, 3.8) is 0 Å². The van der Waals surface area contributed by atoms with Gasteiger partial charge in [-0.25, -0.2) is 0 Å². The van der Waals surface area contributed by atoms with Gasteiger partial charge in [-0.15, -0.1) is 0 Å². The third-order valence-electron chi connectivity index (χ3n) is 3.20. The fourth-order valence-corrected chi connectivity index (χ4v) is 2.75. The van der Waals surface area contributed by atoms with E-state index in [4.69, 9.17) is 15.2 Å². The SMILES string of the molecule is COc1cccc(CC(N)c2ccc(OC)cc2Br)c1. The second-order valence-electron chi connectivity index (χ2n) is 4.55. The highest BCUT2D eigenvalue weighted by atomic mass is 79.9. The van der Waals surface area contributed by atoms with E-state index in [9.17, 15) is 0 Å². The van der Waals surface area contributed by atoms with Crippen LogP contribution in [-0.2, 0) is 6.42 Å². The number of benzene rings is 2. The summed E-state index contributed by atoms with van der Waals surface area (Å²) in [5.41, 5.74) is 8.52. The van der Waals surface area contributed by atoms with Gasteiger partial charge < -0.3 is 15.2 Å². The van der Waals surface area contributed by atoms with E-state index >= 15 is 0 Å². The van der Waals surface area contributed by atoms with Gasteiger partial charge in [0.15, 0.2) is 0 Å². The predicted molar refractivity (Wildman–Crippen MR) is 84.3 cm³/mol. The van der Waals surface area contributed by atoms with Gasteiger partial charge in [0.2, 0.25) is 0 Å². The molecule has 0 amide bonds. The average Bonchev–Trinajstić information content (AvgIpc) is 2.47. The fraction of sp³-hybridized carbons (Fsp3) is 0.250. The molecule has 0 heterocycles. The molecule has 1 unspecified atom stereocenters. The number of hydrogen-bond donors (Lipinski definition) is 1. The zero-order valence-corrected chi connectivity index (χ0v) is 13.2. The largest absolute Gasteiger partial charge is 0.497 e. The van der Waals surface area contributed by atoms with Crippen LogP contribution in [0.4, 0.5) is 0 Å². The normalized spacial score (nSPS) is 12.0. The lowest BCUT2D eigenvalue weighted by Gasteiger charge is -2.15. The highest BCUT2D eigenvalue weighted by Gasteiger charge is 2.12. The maximum Gasteiger partial charge on any atom is 0.120 e. The van der Waals surface area contributed by atoms with Gasteiger partial charge in [0.1, 0.15) is 11.5 Å². The van der Waals surface area contributed by atoms with Crippen molar-refractivity contribution in [3.8, 4) is 11.5 Å². The van der Waals surface area contributed by atoms with Gasteiger partial charge >= 0.3 is 0 Å². The molecular formula is C16H18BrNO2. The van der Waals surface area contributed by atoms with Crippen LogP contribution >= 0.6 is 15.9 Å². The molecular weight excluding hydrogens is 318 g/mol. The smallest absolute Gasteiger partial charge is 0.120 e. The molecule has 0 radical (unpaired) electrons. The highest BCUT2D eigenvalue weighted by molar-refractivity contribution is 9.10. The fourth-order valence-electron chi connectivity index (χ4n) is 2.10. The summed E-state index contributed by atoms with van der Waals surface area (Å²) in [5.74, 6) is 1.66. The molecule has 0 saturated heterocycles. The Morgan fingerprint density at radius 3 is 2.40 bits per heavy atom. The molecule has 2 aromatic carbocycles. The van der Waals surface area contributed by atoms with Gasteiger partial charge in [-0.1, -0.05) is 34.1 Å². The minimum absolute atomic E-state index is 0.0811. The average molecular weight is 336 g/mol. The maximum atomic E-state index is 6.30. The molecule has 106 valence electrons. The van der Waals surface area contributed by atoms with Crippen molar-refractivity contribution >= 4 is 15.9 Å². The van der Waals surface area contributed by atoms with Gasteiger partial charge in [-0.2, -0.15) is 0 Å². The summed E-state index contributed by atoms with van der Waals surface area (Å²) in [6.07, 6.45) is 0.752. The van der Waals surface area contributed by atoms with E-state index in [1.165, 1.54) is 0 Å². The highest BCUT2D eigenvalue weighted by Crippen LogP contribution is 2.28. The molecule has 0 fully saturated rings. The van der Waals surface area contributed by atoms with Gasteiger partial charge in [-0.3, -0.25) is 0 Å². The molecule has 0 saturated carbocycles. The van der Waals surface area contributed by atoms with Crippen LogP contribution in [0.2, 0.25) is 0 Å². The second-order valence-corrected chi connectivity index (χ2v) is 5.40. The van der Waals surface area contributed by atoms with E-state index in [0.717, 1.165) is 33.5 Å². The molecule has 2 aromatic rings. The minimum Gasteiger partial charge on any atom is -0.497 e. The first-order valence-corrected chi connectivity index (χ1v) is 7.15. The van der Waals surface area contributed by atoms with Gasteiger partial charge in [0.25, 0.3) is 0 Å². The molecule has 0 bridgehead atoms. The summed E-state index contributed by atoms with van der Waals surface area (Å²) >= 11 is 3.55. The molecule has 0 spiro atoms. The lowest BCUT2D eigenvalue weighted by molar-refractivity contribution is 0.414. The monoisotopic (exact) mass is 335 g/mol. The first-order valence-electron chi connectivity index (χ1n) is 6.36. The Kier molecular flexibility index (Phi) is 5.04. The Hall–Kier alpha value is -1.52. The van der Waals surface area contributed by atoms with Crippen LogP contribution in [0.5, 0.6) is 11.5 Å². The van der Waals surface area contributed by atoms with Gasteiger partial charge in [0, 0.05) is 10.5 Å². The van der Waals surface area contributed by atoms with Crippen LogP contribution in [0.1, 0.15) is 17.2 Å². The van der Waals surface area contributed by atoms with Crippen molar-refractivity contribution in [1.29, 1.82) is 0 Å². The van der Waals surface area contributed by atoms with Crippen LogP contribution in [0, 0.1) is 0 Å². The third-order valence-corrected chi connectivity index (χ3v) is 3.88. The van der Waals surface area contributed by atoms with E-state index in [1.807, 2.05) is 36.4 Å². The summed E-state index contributed by atoms with van der Waals surface area (Å²) in [5, 5.41) is 0. The molecule has 4 heteroatoms. The Morgan fingerprint density at radius 2 is 1.75 bits per heavy atom. The van der Waals surface area contributed by atoms with Crippen LogP contribution in [-0.4, -0.2) is 14.2 Å². The lowest BCUT2D eigenvalue weighted by Crippen LogP contribution is -2.14. The molecule has 0 aliphatic heterocycles. The standard InChI is InChI=1S/C16H18BrNO2/c1-19-12-5-3-4-11(8-12)9-16(18)14-7-6-13(20-2)10-15(14)17/h3-8,10,16H,9,18H2,1-2H3. The molecule has 0 aromatic heterocycles. The van der Waals surface area contributed by atoms with Crippen molar-refractivity contribution in [1.82, 2.24) is 0 Å². The quantitative estimate of drug-likeness (QED) is 0.905. The van der Waals surface area contributed by atoms with E-state index in [-0.39, 0.29) is 6.04 Å². The maximum absolute atomic E-state index is 6.30. The van der Waals surface area contributed by atoms with Crippen molar-refractivity contribution in [2.24, 2.45) is 5.73 Å². The number of nitrogens with two attached hydrogens (primary N) is 1. The number of halogens is 1. The molecule has 2 rings (SSSR count). The Morgan fingerprint density at radius 1 is 1.05 bits per heavy atom. The van der Waals surface area contributed by atoms with Crippen molar-refractivity contribution in [3.05, 3.63) is 58.1 Å². The first-order chi connectivity index (χ1) is 9.63. The summed E-state index contributed by atoms with van der Waals surface area (Å²) in [6.45, 7) is 0. The van der Waals surface area contributed by atoms with Crippen LogP contribution < -0.4 is 15.2 Å². The molecule has 2 N–H and O–H groups in total. The van der Waals surface area contributed by atoms with E-state index in [2.05, 4.69) is 22.0 Å². The van der Waals surface area contributed by atoms with E-state index in [0.29, 0.717) is 0 Å². The Balaban J connectivity index is 2.16. The lowest BCUT2D eigenvalue weighted by atomic mass is 9.99.